The lowest BCUT2D eigenvalue weighted by atomic mass is 10.0. The number of halogens is 2. The number of hydrogen-bond donors (Lipinski definition) is 2. The molecular formula is C21H24Cl2N2O4. The van der Waals surface area contributed by atoms with Crippen LogP contribution < -0.4 is 10.6 Å². The highest BCUT2D eigenvalue weighted by molar-refractivity contribution is 6.34. The van der Waals surface area contributed by atoms with Crippen LogP contribution in [0.2, 0.25) is 10.0 Å². The van der Waals surface area contributed by atoms with E-state index in [9.17, 15) is 9.59 Å². The molecule has 2 rings (SSSR count). The zero-order chi connectivity index (χ0) is 21.6. The molecule has 0 atom stereocenters. The predicted molar refractivity (Wildman–Crippen MR) is 116 cm³/mol. The summed E-state index contributed by atoms with van der Waals surface area (Å²) in [4.78, 5) is 23.7. The average Bonchev–Trinajstić information content (AvgIpc) is 2.59. The van der Waals surface area contributed by atoms with E-state index in [0.29, 0.717) is 27.8 Å². The molecule has 8 heteroatoms. The van der Waals surface area contributed by atoms with Crippen molar-refractivity contribution >= 4 is 46.8 Å². The maximum absolute atomic E-state index is 11.8. The Labute approximate surface area is 180 Å². The van der Waals surface area contributed by atoms with Gasteiger partial charge in [-0.15, -0.1) is 0 Å². The van der Waals surface area contributed by atoms with Crippen molar-refractivity contribution in [3.05, 3.63) is 57.6 Å². The summed E-state index contributed by atoms with van der Waals surface area (Å²) in [5.41, 5.74) is 2.74. The van der Waals surface area contributed by atoms with Gasteiger partial charge in [-0.1, -0.05) is 35.3 Å². The SMILES string of the molecule is CC(C)OC(=O)Nc1cc(Cc2ccc(Cl)c(NC(=O)OC(C)C)c2)ccc1Cl. The van der Waals surface area contributed by atoms with Crippen molar-refractivity contribution < 1.29 is 19.1 Å². The first-order valence-corrected chi connectivity index (χ1v) is 9.91. The first-order valence-electron chi connectivity index (χ1n) is 9.16. The van der Waals surface area contributed by atoms with Gasteiger partial charge in [-0.3, -0.25) is 10.6 Å². The number of ether oxygens (including phenoxy) is 2. The molecule has 0 bridgehead atoms. The lowest BCUT2D eigenvalue weighted by Crippen LogP contribution is -2.18. The summed E-state index contributed by atoms with van der Waals surface area (Å²) >= 11 is 12.4. The Balaban J connectivity index is 2.15. The summed E-state index contributed by atoms with van der Waals surface area (Å²) in [6.07, 6.45) is -1.07. The van der Waals surface area contributed by atoms with Gasteiger partial charge in [0.15, 0.2) is 0 Å². The van der Waals surface area contributed by atoms with Gasteiger partial charge in [-0.2, -0.15) is 0 Å². The minimum Gasteiger partial charge on any atom is -0.447 e. The van der Waals surface area contributed by atoms with E-state index in [4.69, 9.17) is 32.7 Å². The number of amides is 2. The van der Waals surface area contributed by atoms with E-state index in [1.165, 1.54) is 0 Å². The first-order chi connectivity index (χ1) is 13.6. The molecule has 0 radical (unpaired) electrons. The predicted octanol–water partition coefficient (Wildman–Crippen LogP) is 6.50. The van der Waals surface area contributed by atoms with E-state index in [1.807, 2.05) is 12.1 Å². The van der Waals surface area contributed by atoms with Crippen LogP contribution in [0, 0.1) is 0 Å². The van der Waals surface area contributed by atoms with Gasteiger partial charge in [0, 0.05) is 0 Å². The second kappa shape index (κ2) is 10.4. The summed E-state index contributed by atoms with van der Waals surface area (Å²) in [7, 11) is 0. The monoisotopic (exact) mass is 438 g/mol. The minimum absolute atomic E-state index is 0.237. The van der Waals surface area contributed by atoms with Crippen LogP contribution in [0.25, 0.3) is 0 Å². The third kappa shape index (κ3) is 7.48. The van der Waals surface area contributed by atoms with Crippen LogP contribution in [0.1, 0.15) is 38.8 Å². The molecule has 0 aromatic heterocycles. The molecule has 0 unspecified atom stereocenters. The van der Waals surface area contributed by atoms with E-state index >= 15 is 0 Å². The summed E-state index contributed by atoms with van der Waals surface area (Å²) in [5.74, 6) is 0. The second-order valence-corrected chi connectivity index (χ2v) is 7.78. The Morgan fingerprint density at radius 3 is 1.52 bits per heavy atom. The molecule has 156 valence electrons. The summed E-state index contributed by atoms with van der Waals surface area (Å²) in [5, 5.41) is 6.10. The fourth-order valence-corrected chi connectivity index (χ4v) is 2.83. The molecule has 2 amide bonds. The number of benzene rings is 2. The van der Waals surface area contributed by atoms with Gasteiger partial charge in [-0.25, -0.2) is 9.59 Å². The number of hydrogen-bond acceptors (Lipinski definition) is 4. The highest BCUT2D eigenvalue weighted by Gasteiger charge is 2.12. The topological polar surface area (TPSA) is 76.7 Å². The van der Waals surface area contributed by atoms with Crippen molar-refractivity contribution in [2.45, 2.75) is 46.3 Å². The third-order valence-corrected chi connectivity index (χ3v) is 4.29. The molecule has 0 heterocycles. The van der Waals surface area contributed by atoms with Crippen LogP contribution in [0.4, 0.5) is 21.0 Å². The van der Waals surface area contributed by atoms with Gasteiger partial charge in [0.05, 0.1) is 33.6 Å². The van der Waals surface area contributed by atoms with Gasteiger partial charge in [-0.05, 0) is 69.5 Å². The maximum atomic E-state index is 11.8. The van der Waals surface area contributed by atoms with Gasteiger partial charge >= 0.3 is 12.2 Å². The average molecular weight is 439 g/mol. The Kier molecular flexibility index (Phi) is 8.17. The molecule has 29 heavy (non-hydrogen) atoms. The van der Waals surface area contributed by atoms with Crippen LogP contribution in [-0.4, -0.2) is 24.4 Å². The number of anilines is 2. The van der Waals surface area contributed by atoms with Crippen molar-refractivity contribution in [3.63, 3.8) is 0 Å². The normalized spacial score (nSPS) is 10.8. The summed E-state index contributed by atoms with van der Waals surface area (Å²) in [6, 6.07) is 10.7. The molecule has 0 spiro atoms. The zero-order valence-electron chi connectivity index (χ0n) is 16.7. The standard InChI is InChI=1S/C21H24Cl2N2O4/c1-12(2)28-20(26)24-18-10-14(5-7-16(18)22)9-15-6-8-17(23)19(11-15)25-21(27)29-13(3)4/h5-8,10-13H,9H2,1-4H3,(H,24,26)(H,25,27). The van der Waals surface area contributed by atoms with E-state index in [0.717, 1.165) is 11.1 Å². The Bertz CT molecular complexity index is 813. The molecule has 2 aromatic carbocycles. The van der Waals surface area contributed by atoms with Gasteiger partial charge in [0.2, 0.25) is 0 Å². The third-order valence-electron chi connectivity index (χ3n) is 3.63. The Hall–Kier alpha value is -2.44. The van der Waals surface area contributed by atoms with E-state index in [1.54, 1.807) is 52.0 Å². The van der Waals surface area contributed by atoms with Crippen LogP contribution in [0.3, 0.4) is 0 Å². The van der Waals surface area contributed by atoms with Crippen LogP contribution in [0.15, 0.2) is 36.4 Å². The Morgan fingerprint density at radius 2 is 1.17 bits per heavy atom. The lowest BCUT2D eigenvalue weighted by Gasteiger charge is -2.13. The lowest BCUT2D eigenvalue weighted by molar-refractivity contribution is 0.129. The van der Waals surface area contributed by atoms with Crippen molar-refractivity contribution in [1.82, 2.24) is 0 Å². The largest absolute Gasteiger partial charge is 0.447 e. The van der Waals surface area contributed by atoms with Crippen LogP contribution in [-0.2, 0) is 15.9 Å². The highest BCUT2D eigenvalue weighted by Crippen LogP contribution is 2.27. The molecule has 0 saturated heterocycles. The fraction of sp³-hybridized carbons (Fsp3) is 0.333. The quantitative estimate of drug-likeness (QED) is 0.539. The van der Waals surface area contributed by atoms with Crippen molar-refractivity contribution in [1.29, 1.82) is 0 Å². The summed E-state index contributed by atoms with van der Waals surface area (Å²) < 4.78 is 10.2. The van der Waals surface area contributed by atoms with Gasteiger partial charge < -0.3 is 9.47 Å². The van der Waals surface area contributed by atoms with Crippen molar-refractivity contribution in [2.75, 3.05) is 10.6 Å². The molecular weight excluding hydrogens is 415 g/mol. The molecule has 0 fully saturated rings. The molecule has 0 aliphatic heterocycles. The molecule has 0 aliphatic rings. The fourth-order valence-electron chi connectivity index (χ4n) is 2.50. The molecule has 0 saturated carbocycles. The molecule has 2 aromatic rings. The number of carbonyl (C=O) groups excluding carboxylic acids is 2. The van der Waals surface area contributed by atoms with Gasteiger partial charge in [0.25, 0.3) is 0 Å². The maximum Gasteiger partial charge on any atom is 0.411 e. The van der Waals surface area contributed by atoms with Crippen molar-refractivity contribution in [3.8, 4) is 0 Å². The number of carbonyl (C=O) groups is 2. The smallest absolute Gasteiger partial charge is 0.411 e. The number of rotatable bonds is 6. The molecule has 0 aliphatic carbocycles. The van der Waals surface area contributed by atoms with Gasteiger partial charge in [0.1, 0.15) is 0 Å². The van der Waals surface area contributed by atoms with E-state index in [-0.39, 0.29) is 12.2 Å². The van der Waals surface area contributed by atoms with E-state index in [2.05, 4.69) is 10.6 Å². The van der Waals surface area contributed by atoms with Crippen LogP contribution in [0.5, 0.6) is 0 Å². The number of nitrogens with one attached hydrogen (secondary N) is 2. The Morgan fingerprint density at radius 1 is 0.793 bits per heavy atom. The highest BCUT2D eigenvalue weighted by atomic mass is 35.5. The minimum atomic E-state index is -0.569. The van der Waals surface area contributed by atoms with Crippen LogP contribution >= 0.6 is 23.2 Å². The van der Waals surface area contributed by atoms with E-state index < -0.39 is 12.2 Å². The second-order valence-electron chi connectivity index (χ2n) is 6.96. The zero-order valence-corrected chi connectivity index (χ0v) is 18.2. The summed E-state index contributed by atoms with van der Waals surface area (Å²) in [6.45, 7) is 7.06. The van der Waals surface area contributed by atoms with Crippen molar-refractivity contribution in [2.24, 2.45) is 0 Å². The molecule has 2 N–H and O–H groups in total. The molecule has 6 nitrogen and oxygen atoms in total. The first kappa shape index (κ1) is 22.8.